The third-order valence-electron chi connectivity index (χ3n) is 2.93. The van der Waals surface area contributed by atoms with E-state index in [2.05, 4.69) is 17.6 Å². The van der Waals surface area contributed by atoms with Gasteiger partial charge in [0.1, 0.15) is 5.60 Å². The Hall–Kier alpha value is -0.770. The molecule has 1 amide bonds. The summed E-state index contributed by atoms with van der Waals surface area (Å²) < 4.78 is 5.29. The standard InChI is InChI=1S/C13H26N2O2/c1-5-14-10-8-6-7-9-11(10)15-12(16)17-13(2,3)4/h10-11,14H,5-9H2,1-4H3,(H,15,16). The minimum Gasteiger partial charge on any atom is -0.444 e. The summed E-state index contributed by atoms with van der Waals surface area (Å²) in [4.78, 5) is 11.7. The highest BCUT2D eigenvalue weighted by molar-refractivity contribution is 5.68. The van der Waals surface area contributed by atoms with Gasteiger partial charge in [-0.2, -0.15) is 0 Å². The molecule has 1 rings (SSSR count). The molecule has 2 atom stereocenters. The highest BCUT2D eigenvalue weighted by Crippen LogP contribution is 2.19. The molecule has 1 saturated carbocycles. The van der Waals surface area contributed by atoms with Crippen LogP contribution >= 0.6 is 0 Å². The van der Waals surface area contributed by atoms with Crippen LogP contribution in [0.1, 0.15) is 53.4 Å². The second kappa shape index (κ2) is 6.24. The molecular weight excluding hydrogens is 216 g/mol. The molecule has 0 saturated heterocycles. The number of nitrogens with one attached hydrogen (secondary N) is 2. The van der Waals surface area contributed by atoms with E-state index in [4.69, 9.17) is 4.74 Å². The Labute approximate surface area is 104 Å². The second-order valence-corrected chi connectivity index (χ2v) is 5.70. The Morgan fingerprint density at radius 1 is 1.24 bits per heavy atom. The molecule has 1 aliphatic carbocycles. The first-order chi connectivity index (χ1) is 7.92. The van der Waals surface area contributed by atoms with Crippen molar-refractivity contribution in [2.45, 2.75) is 71.1 Å². The number of rotatable bonds is 3. The number of hydrogen-bond donors (Lipinski definition) is 2. The molecule has 0 aromatic heterocycles. The van der Waals surface area contributed by atoms with E-state index in [1.165, 1.54) is 12.8 Å². The van der Waals surface area contributed by atoms with E-state index < -0.39 is 5.60 Å². The van der Waals surface area contributed by atoms with Crippen molar-refractivity contribution in [3.05, 3.63) is 0 Å². The first-order valence-corrected chi connectivity index (χ1v) is 6.65. The average Bonchev–Trinajstić information content (AvgIpc) is 2.18. The van der Waals surface area contributed by atoms with Crippen LogP contribution in [0.3, 0.4) is 0 Å². The van der Waals surface area contributed by atoms with Crippen molar-refractivity contribution in [2.24, 2.45) is 0 Å². The fraction of sp³-hybridized carbons (Fsp3) is 0.923. The van der Waals surface area contributed by atoms with Gasteiger partial charge in [0.25, 0.3) is 0 Å². The van der Waals surface area contributed by atoms with Crippen LogP contribution in [-0.2, 0) is 4.74 Å². The second-order valence-electron chi connectivity index (χ2n) is 5.70. The van der Waals surface area contributed by atoms with E-state index in [-0.39, 0.29) is 12.1 Å². The molecule has 0 aromatic carbocycles. The third-order valence-corrected chi connectivity index (χ3v) is 2.93. The Bertz CT molecular complexity index is 246. The number of carbonyl (C=O) groups excluding carboxylic acids is 1. The average molecular weight is 242 g/mol. The summed E-state index contributed by atoms with van der Waals surface area (Å²) in [7, 11) is 0. The van der Waals surface area contributed by atoms with Crippen molar-refractivity contribution in [3.8, 4) is 0 Å². The van der Waals surface area contributed by atoms with Gasteiger partial charge in [-0.15, -0.1) is 0 Å². The van der Waals surface area contributed by atoms with E-state index >= 15 is 0 Å². The Morgan fingerprint density at radius 2 is 1.82 bits per heavy atom. The molecule has 1 fully saturated rings. The van der Waals surface area contributed by atoms with Gasteiger partial charge < -0.3 is 15.4 Å². The maximum absolute atomic E-state index is 11.7. The van der Waals surface area contributed by atoms with Crippen molar-refractivity contribution in [1.82, 2.24) is 10.6 Å². The molecule has 4 nitrogen and oxygen atoms in total. The summed E-state index contributed by atoms with van der Waals surface area (Å²) >= 11 is 0. The van der Waals surface area contributed by atoms with Gasteiger partial charge in [0.15, 0.2) is 0 Å². The number of alkyl carbamates (subject to hydrolysis) is 1. The molecular formula is C13H26N2O2. The van der Waals surface area contributed by atoms with E-state index in [0.717, 1.165) is 19.4 Å². The normalized spacial score (nSPS) is 25.4. The lowest BCUT2D eigenvalue weighted by atomic mass is 9.90. The van der Waals surface area contributed by atoms with Crippen LogP contribution in [0.25, 0.3) is 0 Å². The van der Waals surface area contributed by atoms with Crippen LogP contribution in [0.2, 0.25) is 0 Å². The van der Waals surface area contributed by atoms with Crippen LogP contribution < -0.4 is 10.6 Å². The molecule has 0 heterocycles. The van der Waals surface area contributed by atoms with Crippen molar-refractivity contribution in [2.75, 3.05) is 6.54 Å². The number of likely N-dealkylation sites (N-methyl/N-ethyl adjacent to an activating group) is 1. The summed E-state index contributed by atoms with van der Waals surface area (Å²) in [6.45, 7) is 8.69. The number of carbonyl (C=O) groups is 1. The summed E-state index contributed by atoms with van der Waals surface area (Å²) in [5.41, 5.74) is -0.424. The van der Waals surface area contributed by atoms with Gasteiger partial charge in [-0.25, -0.2) is 4.79 Å². The summed E-state index contributed by atoms with van der Waals surface area (Å²) in [5.74, 6) is 0. The van der Waals surface area contributed by atoms with E-state index in [1.54, 1.807) is 0 Å². The lowest BCUT2D eigenvalue weighted by molar-refractivity contribution is 0.0480. The van der Waals surface area contributed by atoms with Crippen molar-refractivity contribution in [1.29, 1.82) is 0 Å². The molecule has 0 spiro atoms. The summed E-state index contributed by atoms with van der Waals surface area (Å²) in [5, 5.41) is 6.42. The SMILES string of the molecule is CCNC1CCCCC1NC(=O)OC(C)(C)C. The molecule has 2 N–H and O–H groups in total. The Morgan fingerprint density at radius 3 is 2.35 bits per heavy atom. The number of ether oxygens (including phenoxy) is 1. The molecule has 0 radical (unpaired) electrons. The predicted molar refractivity (Wildman–Crippen MR) is 69.1 cm³/mol. The zero-order chi connectivity index (χ0) is 12.9. The van der Waals surface area contributed by atoms with Crippen molar-refractivity contribution < 1.29 is 9.53 Å². The molecule has 0 aromatic rings. The van der Waals surface area contributed by atoms with Gasteiger partial charge in [-0.3, -0.25) is 0 Å². The highest BCUT2D eigenvalue weighted by Gasteiger charge is 2.27. The molecule has 4 heteroatoms. The van der Waals surface area contributed by atoms with Gasteiger partial charge in [0.2, 0.25) is 0 Å². The van der Waals surface area contributed by atoms with Gasteiger partial charge in [0, 0.05) is 12.1 Å². The lowest BCUT2D eigenvalue weighted by Gasteiger charge is -2.33. The fourth-order valence-electron chi connectivity index (χ4n) is 2.27. The van der Waals surface area contributed by atoms with Gasteiger partial charge >= 0.3 is 6.09 Å². The van der Waals surface area contributed by atoms with Gasteiger partial charge in [-0.05, 0) is 40.2 Å². The molecule has 100 valence electrons. The van der Waals surface area contributed by atoms with Crippen LogP contribution in [0, 0.1) is 0 Å². The molecule has 0 aliphatic heterocycles. The fourth-order valence-corrected chi connectivity index (χ4v) is 2.27. The summed E-state index contributed by atoms with van der Waals surface area (Å²) in [6, 6.07) is 0.597. The van der Waals surface area contributed by atoms with Crippen molar-refractivity contribution >= 4 is 6.09 Å². The predicted octanol–water partition coefficient (Wildman–Crippen LogP) is 2.43. The largest absolute Gasteiger partial charge is 0.444 e. The maximum atomic E-state index is 11.7. The molecule has 0 bridgehead atoms. The first kappa shape index (κ1) is 14.3. The van der Waals surface area contributed by atoms with Crippen LogP contribution in [0.4, 0.5) is 4.79 Å². The van der Waals surface area contributed by atoms with Crippen LogP contribution in [0.5, 0.6) is 0 Å². The monoisotopic (exact) mass is 242 g/mol. The van der Waals surface area contributed by atoms with E-state index in [9.17, 15) is 4.79 Å². The summed E-state index contributed by atoms with van der Waals surface area (Å²) in [6.07, 6.45) is 4.30. The number of amides is 1. The maximum Gasteiger partial charge on any atom is 0.407 e. The molecule has 2 unspecified atom stereocenters. The van der Waals surface area contributed by atoms with E-state index in [1.807, 2.05) is 20.8 Å². The first-order valence-electron chi connectivity index (χ1n) is 6.65. The minimum absolute atomic E-state index is 0.207. The van der Waals surface area contributed by atoms with Gasteiger partial charge in [0.05, 0.1) is 0 Å². The van der Waals surface area contributed by atoms with Gasteiger partial charge in [-0.1, -0.05) is 19.8 Å². The Kier molecular flexibility index (Phi) is 5.25. The smallest absolute Gasteiger partial charge is 0.407 e. The topological polar surface area (TPSA) is 50.4 Å². The van der Waals surface area contributed by atoms with Crippen LogP contribution in [-0.4, -0.2) is 30.3 Å². The molecule has 1 aliphatic rings. The zero-order valence-electron chi connectivity index (χ0n) is 11.5. The lowest BCUT2D eigenvalue weighted by Crippen LogP contribution is -2.52. The zero-order valence-corrected chi connectivity index (χ0v) is 11.5. The quantitative estimate of drug-likeness (QED) is 0.799. The molecule has 17 heavy (non-hydrogen) atoms. The highest BCUT2D eigenvalue weighted by atomic mass is 16.6. The van der Waals surface area contributed by atoms with Crippen molar-refractivity contribution in [3.63, 3.8) is 0 Å². The van der Waals surface area contributed by atoms with E-state index in [0.29, 0.717) is 6.04 Å². The number of hydrogen-bond acceptors (Lipinski definition) is 3. The third kappa shape index (κ3) is 5.39. The Balaban J connectivity index is 2.44. The van der Waals surface area contributed by atoms with Crippen LogP contribution in [0.15, 0.2) is 0 Å². The minimum atomic E-state index is -0.424.